The van der Waals surface area contributed by atoms with Crippen molar-refractivity contribution >= 4 is 22.1 Å². The van der Waals surface area contributed by atoms with E-state index in [0.717, 1.165) is 30.6 Å². The van der Waals surface area contributed by atoms with Crippen molar-refractivity contribution in [2.24, 2.45) is 5.92 Å². The van der Waals surface area contributed by atoms with Crippen LogP contribution in [0.5, 0.6) is 0 Å². The predicted molar refractivity (Wildman–Crippen MR) is 82.8 cm³/mol. The summed E-state index contributed by atoms with van der Waals surface area (Å²) < 4.78 is 0. The van der Waals surface area contributed by atoms with E-state index in [1.807, 2.05) is 24.5 Å². The highest BCUT2D eigenvalue weighted by Gasteiger charge is 2.21. The molecule has 1 aliphatic heterocycles. The van der Waals surface area contributed by atoms with E-state index in [9.17, 15) is 0 Å². The summed E-state index contributed by atoms with van der Waals surface area (Å²) in [7, 11) is 0. The molecule has 20 heavy (non-hydrogen) atoms. The highest BCUT2D eigenvalue weighted by molar-refractivity contribution is 6.00. The first kappa shape index (κ1) is 13.2. The Morgan fingerprint density at radius 3 is 3.05 bits per heavy atom. The number of benzene rings is 1. The van der Waals surface area contributed by atoms with Gasteiger partial charge >= 0.3 is 0 Å². The van der Waals surface area contributed by atoms with Crippen LogP contribution in [0.3, 0.4) is 0 Å². The van der Waals surface area contributed by atoms with E-state index in [0.29, 0.717) is 5.92 Å². The number of aliphatic hydroxyl groups excluding tert-OH is 1. The highest BCUT2D eigenvalue weighted by atomic mass is 16.3. The summed E-state index contributed by atoms with van der Waals surface area (Å²) in [6.45, 7) is 2.37. The molecule has 0 bridgehead atoms. The zero-order chi connectivity index (χ0) is 13.9. The van der Waals surface area contributed by atoms with Crippen LogP contribution in [0.4, 0.5) is 11.4 Å². The number of nitrogen functional groups attached to an aromatic ring is 1. The lowest BCUT2D eigenvalue weighted by Gasteiger charge is -2.35. The van der Waals surface area contributed by atoms with Crippen molar-refractivity contribution in [2.75, 3.05) is 30.3 Å². The minimum atomic E-state index is 0.283. The van der Waals surface area contributed by atoms with Crippen molar-refractivity contribution in [3.8, 4) is 0 Å². The Balaban J connectivity index is 1.95. The molecule has 1 aromatic carbocycles. The lowest BCUT2D eigenvalue weighted by Crippen LogP contribution is -2.35. The molecule has 1 aromatic heterocycles. The third kappa shape index (κ3) is 2.43. The largest absolute Gasteiger partial charge is 0.398 e. The molecule has 0 aliphatic carbocycles. The summed E-state index contributed by atoms with van der Waals surface area (Å²) in [4.78, 5) is 6.59. The predicted octanol–water partition coefficient (Wildman–Crippen LogP) is 2.42. The van der Waals surface area contributed by atoms with Gasteiger partial charge in [-0.3, -0.25) is 4.98 Å². The Morgan fingerprint density at radius 1 is 1.30 bits per heavy atom. The smallest absolute Gasteiger partial charge is 0.0448 e. The standard InChI is InChI=1S/C16H21N3O/c17-15-3-4-16(13-5-7-18-10-14(13)15)19-8-1-2-12(11-19)6-9-20/h3-5,7,10,12,20H,1-2,6,8-9,11,17H2. The van der Waals surface area contributed by atoms with Crippen LogP contribution in [-0.2, 0) is 0 Å². The molecule has 1 saturated heterocycles. The average molecular weight is 271 g/mol. The van der Waals surface area contributed by atoms with Crippen LogP contribution in [0.25, 0.3) is 10.8 Å². The quantitative estimate of drug-likeness (QED) is 0.842. The molecule has 0 radical (unpaired) electrons. The zero-order valence-corrected chi connectivity index (χ0v) is 11.6. The Morgan fingerprint density at radius 2 is 2.20 bits per heavy atom. The van der Waals surface area contributed by atoms with Gasteiger partial charge in [-0.15, -0.1) is 0 Å². The van der Waals surface area contributed by atoms with Crippen molar-refractivity contribution in [1.29, 1.82) is 0 Å². The molecule has 1 unspecified atom stereocenters. The summed E-state index contributed by atoms with van der Waals surface area (Å²) in [5.41, 5.74) is 8.05. The Kier molecular flexibility index (Phi) is 3.74. The molecule has 1 fully saturated rings. The number of aliphatic hydroxyl groups is 1. The summed E-state index contributed by atoms with van der Waals surface area (Å²) >= 11 is 0. The van der Waals surface area contributed by atoms with E-state index < -0.39 is 0 Å². The summed E-state index contributed by atoms with van der Waals surface area (Å²) in [6.07, 6.45) is 6.95. The second-order valence-electron chi connectivity index (χ2n) is 5.56. The van der Waals surface area contributed by atoms with Gasteiger partial charge in [-0.2, -0.15) is 0 Å². The number of hydrogen-bond donors (Lipinski definition) is 2. The molecule has 3 rings (SSSR count). The number of nitrogens with two attached hydrogens (primary N) is 1. The van der Waals surface area contributed by atoms with Crippen molar-refractivity contribution in [3.63, 3.8) is 0 Å². The first-order valence-corrected chi connectivity index (χ1v) is 7.27. The van der Waals surface area contributed by atoms with Crippen molar-refractivity contribution < 1.29 is 5.11 Å². The van der Waals surface area contributed by atoms with E-state index in [4.69, 9.17) is 10.8 Å². The van der Waals surface area contributed by atoms with Crippen LogP contribution in [0, 0.1) is 5.92 Å². The van der Waals surface area contributed by atoms with Crippen LogP contribution in [0.15, 0.2) is 30.6 Å². The molecule has 2 heterocycles. The van der Waals surface area contributed by atoms with Crippen LogP contribution in [0.2, 0.25) is 0 Å². The van der Waals surface area contributed by atoms with Gasteiger partial charge in [-0.1, -0.05) is 0 Å². The maximum absolute atomic E-state index is 9.14. The molecule has 4 nitrogen and oxygen atoms in total. The van der Waals surface area contributed by atoms with E-state index in [-0.39, 0.29) is 6.61 Å². The van der Waals surface area contributed by atoms with Gasteiger partial charge in [-0.05, 0) is 43.4 Å². The van der Waals surface area contributed by atoms with Crippen LogP contribution in [0.1, 0.15) is 19.3 Å². The molecule has 2 aromatic rings. The van der Waals surface area contributed by atoms with E-state index in [1.165, 1.54) is 23.9 Å². The minimum absolute atomic E-state index is 0.283. The fraction of sp³-hybridized carbons (Fsp3) is 0.438. The Bertz CT molecular complexity index is 597. The molecule has 4 heteroatoms. The average Bonchev–Trinajstić information content (AvgIpc) is 2.49. The summed E-state index contributed by atoms with van der Waals surface area (Å²) in [6, 6.07) is 6.12. The lowest BCUT2D eigenvalue weighted by atomic mass is 9.94. The van der Waals surface area contributed by atoms with Gasteiger partial charge < -0.3 is 15.7 Å². The number of aromatic nitrogens is 1. The Labute approximate surface area is 119 Å². The van der Waals surface area contributed by atoms with Gasteiger partial charge in [-0.25, -0.2) is 0 Å². The van der Waals surface area contributed by atoms with Gasteiger partial charge in [0, 0.05) is 54.2 Å². The number of anilines is 2. The molecule has 0 saturated carbocycles. The first-order chi connectivity index (χ1) is 9.79. The van der Waals surface area contributed by atoms with Gasteiger partial charge in [0.05, 0.1) is 0 Å². The van der Waals surface area contributed by atoms with Crippen LogP contribution >= 0.6 is 0 Å². The second kappa shape index (κ2) is 5.67. The van der Waals surface area contributed by atoms with E-state index in [1.54, 1.807) is 0 Å². The Hall–Kier alpha value is -1.81. The van der Waals surface area contributed by atoms with Crippen LogP contribution in [-0.4, -0.2) is 29.8 Å². The maximum atomic E-state index is 9.14. The number of fused-ring (bicyclic) bond motifs is 1. The maximum Gasteiger partial charge on any atom is 0.0448 e. The fourth-order valence-corrected chi connectivity index (χ4v) is 3.17. The minimum Gasteiger partial charge on any atom is -0.398 e. The van der Waals surface area contributed by atoms with Crippen molar-refractivity contribution in [2.45, 2.75) is 19.3 Å². The van der Waals surface area contributed by atoms with Gasteiger partial charge in [0.25, 0.3) is 0 Å². The van der Waals surface area contributed by atoms with Crippen molar-refractivity contribution in [3.05, 3.63) is 30.6 Å². The molecular weight excluding hydrogens is 250 g/mol. The molecule has 0 amide bonds. The number of rotatable bonds is 3. The lowest BCUT2D eigenvalue weighted by molar-refractivity contribution is 0.244. The SMILES string of the molecule is Nc1ccc(N2CCCC(CCO)C2)c2ccncc12. The molecule has 3 N–H and O–H groups in total. The number of piperidine rings is 1. The van der Waals surface area contributed by atoms with Crippen LogP contribution < -0.4 is 10.6 Å². The number of pyridine rings is 1. The third-order valence-electron chi connectivity index (χ3n) is 4.23. The number of hydrogen-bond acceptors (Lipinski definition) is 4. The van der Waals surface area contributed by atoms with Gasteiger partial charge in [0.1, 0.15) is 0 Å². The topological polar surface area (TPSA) is 62.4 Å². The molecule has 1 aliphatic rings. The fourth-order valence-electron chi connectivity index (χ4n) is 3.17. The monoisotopic (exact) mass is 271 g/mol. The summed E-state index contributed by atoms with van der Waals surface area (Å²) in [5, 5.41) is 11.3. The van der Waals surface area contributed by atoms with E-state index >= 15 is 0 Å². The molecular formula is C16H21N3O. The molecule has 0 spiro atoms. The van der Waals surface area contributed by atoms with E-state index in [2.05, 4.69) is 16.0 Å². The molecule has 1 atom stereocenters. The van der Waals surface area contributed by atoms with Gasteiger partial charge in [0.15, 0.2) is 0 Å². The second-order valence-corrected chi connectivity index (χ2v) is 5.56. The summed E-state index contributed by atoms with van der Waals surface area (Å²) in [5.74, 6) is 0.586. The first-order valence-electron chi connectivity index (χ1n) is 7.27. The van der Waals surface area contributed by atoms with Gasteiger partial charge in [0.2, 0.25) is 0 Å². The third-order valence-corrected chi connectivity index (χ3v) is 4.23. The normalized spacial score (nSPS) is 19.4. The molecule has 106 valence electrons. The zero-order valence-electron chi connectivity index (χ0n) is 11.6. The highest BCUT2D eigenvalue weighted by Crippen LogP contribution is 2.33. The van der Waals surface area contributed by atoms with Crippen molar-refractivity contribution in [1.82, 2.24) is 4.98 Å². The number of nitrogens with zero attached hydrogens (tertiary/aromatic N) is 2.